The Morgan fingerprint density at radius 2 is 2.00 bits per heavy atom. The van der Waals surface area contributed by atoms with Crippen LogP contribution in [0.25, 0.3) is 0 Å². The molecule has 3 unspecified atom stereocenters. The average Bonchev–Trinajstić information content (AvgIpc) is 2.48. The van der Waals surface area contributed by atoms with E-state index in [1.807, 2.05) is 0 Å². The van der Waals surface area contributed by atoms with Gasteiger partial charge in [-0.3, -0.25) is 4.90 Å². The molecule has 1 N–H and O–H groups in total. The van der Waals surface area contributed by atoms with Crippen LogP contribution in [0.4, 0.5) is 0 Å². The van der Waals surface area contributed by atoms with E-state index >= 15 is 0 Å². The van der Waals surface area contributed by atoms with E-state index in [4.69, 9.17) is 0 Å². The van der Waals surface area contributed by atoms with Crippen LogP contribution in [0.1, 0.15) is 32.8 Å². The van der Waals surface area contributed by atoms with Crippen molar-refractivity contribution in [3.05, 3.63) is 48.6 Å². The van der Waals surface area contributed by atoms with Crippen molar-refractivity contribution in [3.63, 3.8) is 0 Å². The van der Waals surface area contributed by atoms with E-state index in [-0.39, 0.29) is 0 Å². The van der Waals surface area contributed by atoms with E-state index in [2.05, 4.69) is 74.0 Å². The standard InChI is InChI=1S/C19H30N2/c1-5-9-16(4)21-14-18(20-13-19(21)15(2)3)12-17-10-7-6-8-11-17/h5-8,10-11,15-16,18-20H,1,9,12-14H2,2-4H3. The van der Waals surface area contributed by atoms with Crippen LogP contribution in [0.15, 0.2) is 43.0 Å². The molecule has 2 rings (SSSR count). The molecule has 1 aliphatic heterocycles. The summed E-state index contributed by atoms with van der Waals surface area (Å²) < 4.78 is 0. The molecule has 1 heterocycles. The smallest absolute Gasteiger partial charge is 0.0247 e. The number of nitrogens with zero attached hydrogens (tertiary/aromatic N) is 1. The van der Waals surface area contributed by atoms with E-state index in [9.17, 15) is 0 Å². The van der Waals surface area contributed by atoms with Gasteiger partial charge in [-0.15, -0.1) is 6.58 Å². The minimum atomic E-state index is 0.551. The third-order valence-electron chi connectivity index (χ3n) is 4.64. The lowest BCUT2D eigenvalue weighted by Crippen LogP contribution is -2.61. The number of benzene rings is 1. The first-order valence-corrected chi connectivity index (χ1v) is 8.25. The van der Waals surface area contributed by atoms with Gasteiger partial charge in [0.05, 0.1) is 0 Å². The summed E-state index contributed by atoms with van der Waals surface area (Å²) in [5, 5.41) is 3.76. The molecule has 0 bridgehead atoms. The molecule has 21 heavy (non-hydrogen) atoms. The predicted molar refractivity (Wildman–Crippen MR) is 91.5 cm³/mol. The maximum Gasteiger partial charge on any atom is 0.0247 e. The van der Waals surface area contributed by atoms with Crippen molar-refractivity contribution in [1.29, 1.82) is 0 Å². The van der Waals surface area contributed by atoms with Gasteiger partial charge in [0.2, 0.25) is 0 Å². The normalized spacial score (nSPS) is 25.0. The van der Waals surface area contributed by atoms with Crippen LogP contribution in [0.5, 0.6) is 0 Å². The van der Waals surface area contributed by atoms with Crippen molar-refractivity contribution in [1.82, 2.24) is 10.2 Å². The summed E-state index contributed by atoms with van der Waals surface area (Å²) in [6, 6.07) is 12.6. The molecule has 116 valence electrons. The van der Waals surface area contributed by atoms with Gasteiger partial charge in [0.25, 0.3) is 0 Å². The second-order valence-corrected chi connectivity index (χ2v) is 6.68. The fraction of sp³-hybridized carbons (Fsp3) is 0.579. The largest absolute Gasteiger partial charge is 0.311 e. The highest BCUT2D eigenvalue weighted by molar-refractivity contribution is 5.16. The zero-order chi connectivity index (χ0) is 15.2. The number of piperazine rings is 1. The number of rotatable bonds is 6. The Labute approximate surface area is 130 Å². The van der Waals surface area contributed by atoms with E-state index < -0.39 is 0 Å². The molecule has 0 spiro atoms. The average molecular weight is 286 g/mol. The molecule has 1 saturated heterocycles. The van der Waals surface area contributed by atoms with Crippen LogP contribution in [0, 0.1) is 5.92 Å². The molecular formula is C19H30N2. The molecule has 0 saturated carbocycles. The summed E-state index contributed by atoms with van der Waals surface area (Å²) >= 11 is 0. The maximum atomic E-state index is 3.91. The molecule has 1 aromatic carbocycles. The molecule has 1 aliphatic rings. The fourth-order valence-corrected chi connectivity index (χ4v) is 3.40. The van der Waals surface area contributed by atoms with Crippen molar-refractivity contribution >= 4 is 0 Å². The van der Waals surface area contributed by atoms with Gasteiger partial charge in [0, 0.05) is 31.2 Å². The van der Waals surface area contributed by atoms with Gasteiger partial charge in [-0.1, -0.05) is 50.3 Å². The quantitative estimate of drug-likeness (QED) is 0.805. The topological polar surface area (TPSA) is 15.3 Å². The van der Waals surface area contributed by atoms with Crippen LogP contribution >= 0.6 is 0 Å². The van der Waals surface area contributed by atoms with Crippen LogP contribution in [0.3, 0.4) is 0 Å². The van der Waals surface area contributed by atoms with E-state index in [1.54, 1.807) is 0 Å². The minimum Gasteiger partial charge on any atom is -0.311 e. The first kappa shape index (κ1) is 16.3. The molecular weight excluding hydrogens is 256 g/mol. The highest BCUT2D eigenvalue weighted by atomic mass is 15.3. The summed E-state index contributed by atoms with van der Waals surface area (Å²) in [4.78, 5) is 2.69. The molecule has 3 atom stereocenters. The summed E-state index contributed by atoms with van der Waals surface area (Å²) in [5.41, 5.74) is 1.43. The van der Waals surface area contributed by atoms with Gasteiger partial charge in [-0.25, -0.2) is 0 Å². The second kappa shape index (κ2) is 7.77. The Morgan fingerprint density at radius 3 is 2.62 bits per heavy atom. The lowest BCUT2D eigenvalue weighted by Gasteiger charge is -2.45. The maximum absolute atomic E-state index is 3.91. The van der Waals surface area contributed by atoms with Crippen molar-refractivity contribution in [3.8, 4) is 0 Å². The lowest BCUT2D eigenvalue weighted by molar-refractivity contribution is 0.0633. The molecule has 2 heteroatoms. The molecule has 0 amide bonds. The second-order valence-electron chi connectivity index (χ2n) is 6.68. The van der Waals surface area contributed by atoms with Crippen molar-refractivity contribution < 1.29 is 0 Å². The monoisotopic (exact) mass is 286 g/mol. The molecule has 1 fully saturated rings. The Hall–Kier alpha value is -1.12. The summed E-state index contributed by atoms with van der Waals surface area (Å²) in [7, 11) is 0. The molecule has 2 nitrogen and oxygen atoms in total. The summed E-state index contributed by atoms with van der Waals surface area (Å²) in [6.45, 7) is 13.1. The zero-order valence-corrected chi connectivity index (χ0v) is 13.8. The fourth-order valence-electron chi connectivity index (χ4n) is 3.40. The van der Waals surface area contributed by atoms with Gasteiger partial charge in [0.1, 0.15) is 0 Å². The van der Waals surface area contributed by atoms with Crippen molar-refractivity contribution in [2.75, 3.05) is 13.1 Å². The number of hydrogen-bond acceptors (Lipinski definition) is 2. The van der Waals surface area contributed by atoms with E-state index in [1.165, 1.54) is 5.56 Å². The van der Waals surface area contributed by atoms with Crippen LogP contribution in [-0.4, -0.2) is 36.1 Å². The third kappa shape index (κ3) is 4.42. The molecule has 0 radical (unpaired) electrons. The minimum absolute atomic E-state index is 0.551. The summed E-state index contributed by atoms with van der Waals surface area (Å²) in [5.74, 6) is 0.683. The zero-order valence-electron chi connectivity index (χ0n) is 13.8. The van der Waals surface area contributed by atoms with E-state index in [0.717, 1.165) is 25.9 Å². The highest BCUT2D eigenvalue weighted by Crippen LogP contribution is 2.21. The Bertz CT molecular complexity index is 426. The lowest BCUT2D eigenvalue weighted by atomic mass is 9.94. The Kier molecular flexibility index (Phi) is 6.01. The van der Waals surface area contributed by atoms with Crippen LogP contribution in [0.2, 0.25) is 0 Å². The first-order chi connectivity index (χ1) is 10.1. The summed E-state index contributed by atoms with van der Waals surface area (Å²) in [6.07, 6.45) is 4.24. The third-order valence-corrected chi connectivity index (χ3v) is 4.64. The number of nitrogens with one attached hydrogen (secondary N) is 1. The Morgan fingerprint density at radius 1 is 1.29 bits per heavy atom. The van der Waals surface area contributed by atoms with Gasteiger partial charge in [0.15, 0.2) is 0 Å². The molecule has 1 aromatic rings. The number of hydrogen-bond donors (Lipinski definition) is 1. The van der Waals surface area contributed by atoms with Gasteiger partial charge in [-0.05, 0) is 31.2 Å². The molecule has 0 aliphatic carbocycles. The highest BCUT2D eigenvalue weighted by Gasteiger charge is 2.32. The van der Waals surface area contributed by atoms with Gasteiger partial charge in [-0.2, -0.15) is 0 Å². The predicted octanol–water partition coefficient (Wildman–Crippen LogP) is 3.49. The van der Waals surface area contributed by atoms with E-state index in [0.29, 0.717) is 24.0 Å². The first-order valence-electron chi connectivity index (χ1n) is 8.25. The van der Waals surface area contributed by atoms with Crippen molar-refractivity contribution in [2.45, 2.75) is 51.7 Å². The van der Waals surface area contributed by atoms with Gasteiger partial charge < -0.3 is 5.32 Å². The SMILES string of the molecule is C=CCC(C)N1CC(Cc2ccccc2)NCC1C(C)C. The Balaban J connectivity index is 2.02. The van der Waals surface area contributed by atoms with Crippen LogP contribution in [-0.2, 0) is 6.42 Å². The van der Waals surface area contributed by atoms with Crippen molar-refractivity contribution in [2.24, 2.45) is 5.92 Å². The van der Waals surface area contributed by atoms with Crippen LogP contribution < -0.4 is 5.32 Å². The van der Waals surface area contributed by atoms with Gasteiger partial charge >= 0.3 is 0 Å². The molecule has 0 aromatic heterocycles.